The van der Waals surface area contributed by atoms with Gasteiger partial charge in [-0.3, -0.25) is 4.98 Å². The molecule has 0 spiro atoms. The molecule has 4 bridgehead atoms. The second-order valence-corrected chi connectivity index (χ2v) is 14.4. The van der Waals surface area contributed by atoms with Crippen molar-refractivity contribution in [2.24, 2.45) is 29.1 Å². The van der Waals surface area contributed by atoms with Gasteiger partial charge in [0.1, 0.15) is 0 Å². The molecule has 5 rings (SSSR count). The number of rotatable bonds is 10. The normalized spacial score (nSPS) is 28.7. The van der Waals surface area contributed by atoms with Gasteiger partial charge in [-0.15, -0.1) is 0 Å². The number of amides is 1. The SMILES string of the molecule is CN(CCC(C[CH]c1ccncc1)CCC12CC3CC(CC(C3)C1)C2)C(=O)OC(C)(C)C(Cl)(Cl)Cl. The molecule has 1 radical (unpaired) electrons. The van der Waals surface area contributed by atoms with E-state index in [0.29, 0.717) is 17.9 Å². The van der Waals surface area contributed by atoms with Gasteiger partial charge in [-0.25, -0.2) is 4.79 Å². The van der Waals surface area contributed by atoms with E-state index in [1.54, 1.807) is 25.8 Å². The summed E-state index contributed by atoms with van der Waals surface area (Å²) in [6.45, 7) is 3.85. The van der Waals surface area contributed by atoms with Gasteiger partial charge in [0.15, 0.2) is 5.60 Å². The van der Waals surface area contributed by atoms with E-state index >= 15 is 0 Å². The van der Waals surface area contributed by atoms with Gasteiger partial charge < -0.3 is 9.64 Å². The molecule has 1 atom stereocenters. The maximum absolute atomic E-state index is 12.7. The summed E-state index contributed by atoms with van der Waals surface area (Å²) in [7, 11) is 1.76. The van der Waals surface area contributed by atoms with Crippen LogP contribution in [-0.2, 0) is 4.74 Å². The average Bonchev–Trinajstić information content (AvgIpc) is 2.77. The summed E-state index contributed by atoms with van der Waals surface area (Å²) in [5.41, 5.74) is 0.566. The molecule has 0 saturated heterocycles. The largest absolute Gasteiger partial charge is 0.439 e. The van der Waals surface area contributed by atoms with E-state index in [0.717, 1.165) is 30.6 Å². The highest BCUT2D eigenvalue weighted by atomic mass is 35.6. The molecule has 1 unspecified atom stereocenters. The molecule has 0 N–H and O–H groups in total. The Morgan fingerprint density at radius 2 is 1.69 bits per heavy atom. The third-order valence-electron chi connectivity index (χ3n) is 8.85. The van der Waals surface area contributed by atoms with Crippen molar-refractivity contribution >= 4 is 40.9 Å². The number of aromatic nitrogens is 1. The number of carbonyl (C=O) groups is 1. The van der Waals surface area contributed by atoms with Gasteiger partial charge in [0.25, 0.3) is 0 Å². The number of alkyl halides is 3. The lowest BCUT2D eigenvalue weighted by Gasteiger charge is -2.57. The third-order valence-corrected chi connectivity index (χ3v) is 10.2. The quantitative estimate of drug-likeness (QED) is 0.280. The highest BCUT2D eigenvalue weighted by Gasteiger charge is 2.50. The standard InChI is InChI=1S/C28H40Cl3N2O2/c1-26(2,28(29,30)31)35-25(34)33(3)13-9-20(4-5-21-7-11-32-12-8-21)6-10-27-17-22-14-23(18-27)16-24(15-22)19-27/h5,7-8,11-12,20,22-24H,4,6,9-10,13-19H2,1-3H3. The average molecular weight is 543 g/mol. The van der Waals surface area contributed by atoms with Crippen molar-refractivity contribution in [2.75, 3.05) is 13.6 Å². The van der Waals surface area contributed by atoms with Gasteiger partial charge >= 0.3 is 6.09 Å². The van der Waals surface area contributed by atoms with Crippen molar-refractivity contribution in [1.29, 1.82) is 0 Å². The van der Waals surface area contributed by atoms with E-state index in [-0.39, 0.29) is 0 Å². The van der Waals surface area contributed by atoms with Crippen LogP contribution in [0.1, 0.15) is 83.6 Å². The third kappa shape index (κ3) is 6.99. The molecule has 7 heteroatoms. The van der Waals surface area contributed by atoms with Gasteiger partial charge in [0.2, 0.25) is 3.79 Å². The molecule has 1 aromatic heterocycles. The van der Waals surface area contributed by atoms with Crippen molar-refractivity contribution < 1.29 is 9.53 Å². The molecule has 195 valence electrons. The van der Waals surface area contributed by atoms with Crippen LogP contribution in [0.15, 0.2) is 24.5 Å². The molecule has 4 saturated carbocycles. The number of nitrogens with zero attached hydrogens (tertiary/aromatic N) is 2. The van der Waals surface area contributed by atoms with Crippen molar-refractivity contribution in [3.05, 3.63) is 36.5 Å². The molecule has 1 amide bonds. The lowest BCUT2D eigenvalue weighted by molar-refractivity contribution is -0.0602. The monoisotopic (exact) mass is 541 g/mol. The fraction of sp³-hybridized carbons (Fsp3) is 0.750. The first-order chi connectivity index (χ1) is 16.4. The summed E-state index contributed by atoms with van der Waals surface area (Å²) in [4.78, 5) is 18.4. The molecule has 4 nitrogen and oxygen atoms in total. The lowest BCUT2D eigenvalue weighted by Crippen LogP contribution is -2.46. The van der Waals surface area contributed by atoms with Crippen LogP contribution in [0.2, 0.25) is 0 Å². The van der Waals surface area contributed by atoms with Crippen LogP contribution in [0.4, 0.5) is 4.79 Å². The zero-order valence-corrected chi connectivity index (χ0v) is 23.6. The van der Waals surface area contributed by atoms with E-state index in [2.05, 4.69) is 23.5 Å². The Morgan fingerprint density at radius 1 is 1.11 bits per heavy atom. The second-order valence-electron chi connectivity index (χ2n) is 12.1. The van der Waals surface area contributed by atoms with Crippen molar-refractivity contribution in [1.82, 2.24) is 9.88 Å². The van der Waals surface area contributed by atoms with Crippen LogP contribution in [0.25, 0.3) is 0 Å². The Morgan fingerprint density at radius 3 is 2.23 bits per heavy atom. The first-order valence-corrected chi connectivity index (χ1v) is 14.3. The topological polar surface area (TPSA) is 42.4 Å². The highest BCUT2D eigenvalue weighted by molar-refractivity contribution is 6.68. The summed E-state index contributed by atoms with van der Waals surface area (Å²) >= 11 is 18.0. The Hall–Kier alpha value is -0.710. The predicted molar refractivity (Wildman–Crippen MR) is 144 cm³/mol. The molecule has 1 aromatic rings. The number of carbonyl (C=O) groups excluding carboxylic acids is 1. The zero-order chi connectivity index (χ0) is 25.3. The Labute approximate surface area is 226 Å². The maximum Gasteiger partial charge on any atom is 0.410 e. The molecule has 4 aliphatic carbocycles. The van der Waals surface area contributed by atoms with Crippen LogP contribution in [0.3, 0.4) is 0 Å². The van der Waals surface area contributed by atoms with Crippen molar-refractivity contribution in [3.8, 4) is 0 Å². The first-order valence-electron chi connectivity index (χ1n) is 13.2. The van der Waals surface area contributed by atoms with E-state index < -0.39 is 15.5 Å². The summed E-state index contributed by atoms with van der Waals surface area (Å²) in [6.07, 6.45) is 18.8. The minimum atomic E-state index is -1.69. The van der Waals surface area contributed by atoms with E-state index in [1.807, 2.05) is 12.4 Å². The predicted octanol–water partition coefficient (Wildman–Crippen LogP) is 8.24. The van der Waals surface area contributed by atoms with Gasteiger partial charge in [0, 0.05) is 26.0 Å². The molecular formula is C28H40Cl3N2O2. The zero-order valence-electron chi connectivity index (χ0n) is 21.3. The molecule has 0 aromatic carbocycles. The molecule has 4 fully saturated rings. The summed E-state index contributed by atoms with van der Waals surface area (Å²) in [5, 5.41) is 0. The molecule has 1 heterocycles. The van der Waals surface area contributed by atoms with Crippen molar-refractivity contribution in [2.45, 2.75) is 87.4 Å². The van der Waals surface area contributed by atoms with Gasteiger partial charge in [-0.2, -0.15) is 0 Å². The number of pyridine rings is 1. The van der Waals surface area contributed by atoms with Crippen LogP contribution in [-0.4, -0.2) is 39.0 Å². The fourth-order valence-corrected chi connectivity index (χ4v) is 7.23. The fourth-order valence-electron chi connectivity index (χ4n) is 7.11. The Kier molecular flexibility index (Phi) is 8.55. The number of hydrogen-bond acceptors (Lipinski definition) is 3. The van der Waals surface area contributed by atoms with Crippen LogP contribution < -0.4 is 0 Å². The minimum absolute atomic E-state index is 0.459. The molecular weight excluding hydrogens is 503 g/mol. The van der Waals surface area contributed by atoms with Gasteiger partial charge in [-0.1, -0.05) is 34.8 Å². The second kappa shape index (κ2) is 11.0. The van der Waals surface area contributed by atoms with Crippen LogP contribution in [0.5, 0.6) is 0 Å². The number of hydrogen-bond donors (Lipinski definition) is 0. The van der Waals surface area contributed by atoms with Crippen LogP contribution in [0, 0.1) is 35.5 Å². The minimum Gasteiger partial charge on any atom is -0.439 e. The van der Waals surface area contributed by atoms with Gasteiger partial charge in [-0.05, 0) is 131 Å². The molecule has 0 aliphatic heterocycles. The maximum atomic E-state index is 12.7. The first kappa shape index (κ1) is 27.3. The number of halogens is 3. The lowest BCUT2D eigenvalue weighted by atomic mass is 9.48. The van der Waals surface area contributed by atoms with E-state index in [9.17, 15) is 4.79 Å². The summed E-state index contributed by atoms with van der Waals surface area (Å²) in [6, 6.07) is 4.11. The summed E-state index contributed by atoms with van der Waals surface area (Å²) < 4.78 is 3.84. The smallest absolute Gasteiger partial charge is 0.410 e. The molecule has 35 heavy (non-hydrogen) atoms. The van der Waals surface area contributed by atoms with E-state index in [1.165, 1.54) is 56.9 Å². The van der Waals surface area contributed by atoms with Gasteiger partial charge in [0.05, 0.1) is 0 Å². The number of ether oxygens (including phenoxy) is 1. The van der Waals surface area contributed by atoms with E-state index in [4.69, 9.17) is 39.5 Å². The summed E-state index contributed by atoms with van der Waals surface area (Å²) in [5.74, 6) is 3.44. The van der Waals surface area contributed by atoms with Crippen LogP contribution >= 0.6 is 34.8 Å². The Bertz CT molecular complexity index is 820. The highest BCUT2D eigenvalue weighted by Crippen LogP contribution is 2.62. The molecule has 4 aliphatic rings. The van der Waals surface area contributed by atoms with Crippen molar-refractivity contribution in [3.63, 3.8) is 0 Å². The Balaban J connectivity index is 1.34.